The number of aromatic nitrogens is 2. The van der Waals surface area contributed by atoms with Gasteiger partial charge >= 0.3 is 6.18 Å². The molecule has 3 amide bonds. The fraction of sp³-hybridized carbons (Fsp3) is 0.208. The average molecular weight is 496 g/mol. The van der Waals surface area contributed by atoms with Gasteiger partial charge in [-0.15, -0.1) is 10.2 Å². The van der Waals surface area contributed by atoms with Gasteiger partial charge in [-0.2, -0.15) is 13.2 Å². The number of carbonyl (C=O) groups excluding carboxylic acids is 3. The molecular weight excluding hydrogens is 477 g/mol. The highest BCUT2D eigenvalue weighted by Gasteiger charge is 2.42. The Morgan fingerprint density at radius 3 is 2.47 bits per heavy atom. The van der Waals surface area contributed by atoms with Crippen LogP contribution in [0.4, 0.5) is 30.4 Å². The second-order valence-corrected chi connectivity index (χ2v) is 8.28. The van der Waals surface area contributed by atoms with Crippen LogP contribution in [0, 0.1) is 0 Å². The van der Waals surface area contributed by atoms with Crippen LogP contribution in [0.15, 0.2) is 60.7 Å². The minimum atomic E-state index is -4.69. The Hall–Kier alpha value is -4.48. The first-order chi connectivity index (χ1) is 17.2. The summed E-state index contributed by atoms with van der Waals surface area (Å²) in [7, 11) is 0. The predicted molar refractivity (Wildman–Crippen MR) is 124 cm³/mol. The molecule has 0 saturated carbocycles. The van der Waals surface area contributed by atoms with E-state index in [-0.39, 0.29) is 31.0 Å². The lowest BCUT2D eigenvalue weighted by Crippen LogP contribution is -2.61. The third-order valence-corrected chi connectivity index (χ3v) is 6.00. The number of amides is 3. The average Bonchev–Trinajstić information content (AvgIpc) is 2.88. The van der Waals surface area contributed by atoms with Crippen LogP contribution < -0.4 is 15.5 Å². The number of benzene rings is 2. The highest BCUT2D eigenvalue weighted by atomic mass is 19.4. The number of anilines is 3. The van der Waals surface area contributed by atoms with Crippen LogP contribution in [-0.2, 0) is 11.0 Å². The molecule has 12 heteroatoms. The van der Waals surface area contributed by atoms with Gasteiger partial charge in [-0.25, -0.2) is 0 Å². The predicted octanol–water partition coefficient (Wildman–Crippen LogP) is 3.03. The summed E-state index contributed by atoms with van der Waals surface area (Å²) in [6.45, 7) is 0.0929. The molecule has 0 bridgehead atoms. The maximum atomic E-state index is 13.4. The molecule has 3 aromatic rings. The summed E-state index contributed by atoms with van der Waals surface area (Å²) in [6, 6.07) is 13.9. The minimum Gasteiger partial charge on any atom is -0.338 e. The molecule has 1 unspecified atom stereocenters. The SMILES string of the molecule is O=C(Nc1ccccc1)c1cc2c(nn1)N1CCN(C(=O)c3ccccc3C(F)(F)F)CC1C(=O)N2. The van der Waals surface area contributed by atoms with E-state index in [2.05, 4.69) is 20.8 Å². The van der Waals surface area contributed by atoms with Crippen LogP contribution in [0.25, 0.3) is 0 Å². The number of nitrogens with zero attached hydrogens (tertiary/aromatic N) is 4. The normalized spacial score (nSPS) is 17.1. The lowest BCUT2D eigenvalue weighted by molar-refractivity contribution is -0.138. The van der Waals surface area contributed by atoms with Gasteiger partial charge in [0.2, 0.25) is 5.91 Å². The van der Waals surface area contributed by atoms with Crippen molar-refractivity contribution in [2.45, 2.75) is 12.2 Å². The van der Waals surface area contributed by atoms with Crippen molar-refractivity contribution >= 4 is 34.9 Å². The van der Waals surface area contributed by atoms with Crippen molar-refractivity contribution in [1.29, 1.82) is 0 Å². The molecule has 184 valence electrons. The Morgan fingerprint density at radius 1 is 1.00 bits per heavy atom. The van der Waals surface area contributed by atoms with E-state index < -0.39 is 41.1 Å². The summed E-state index contributed by atoms with van der Waals surface area (Å²) in [5.74, 6) is -1.46. The second-order valence-electron chi connectivity index (χ2n) is 8.28. The largest absolute Gasteiger partial charge is 0.417 e. The molecule has 1 fully saturated rings. The first-order valence-corrected chi connectivity index (χ1v) is 11.0. The fourth-order valence-electron chi connectivity index (χ4n) is 4.27. The number of alkyl halides is 3. The van der Waals surface area contributed by atoms with Gasteiger partial charge in [-0.1, -0.05) is 30.3 Å². The van der Waals surface area contributed by atoms with E-state index in [1.165, 1.54) is 23.1 Å². The van der Waals surface area contributed by atoms with Gasteiger partial charge in [-0.3, -0.25) is 14.4 Å². The fourth-order valence-corrected chi connectivity index (χ4v) is 4.27. The molecule has 0 spiro atoms. The molecule has 3 heterocycles. The molecule has 5 rings (SSSR count). The van der Waals surface area contributed by atoms with Crippen molar-refractivity contribution < 1.29 is 27.6 Å². The summed E-state index contributed by atoms with van der Waals surface area (Å²) in [6.07, 6.45) is -4.69. The number of hydrogen-bond acceptors (Lipinski definition) is 6. The molecule has 9 nitrogen and oxygen atoms in total. The van der Waals surface area contributed by atoms with Gasteiger partial charge in [-0.05, 0) is 30.3 Å². The Bertz CT molecular complexity index is 1350. The Labute approximate surface area is 202 Å². The Kier molecular flexibility index (Phi) is 5.78. The summed E-state index contributed by atoms with van der Waals surface area (Å²) in [5.41, 5.74) is -0.647. The van der Waals surface area contributed by atoms with Crippen molar-refractivity contribution in [1.82, 2.24) is 15.1 Å². The summed E-state index contributed by atoms with van der Waals surface area (Å²) in [4.78, 5) is 41.3. The van der Waals surface area contributed by atoms with Crippen LogP contribution in [0.1, 0.15) is 26.4 Å². The molecule has 2 N–H and O–H groups in total. The van der Waals surface area contributed by atoms with E-state index in [1.54, 1.807) is 29.2 Å². The number of nitrogens with one attached hydrogen (secondary N) is 2. The number of carbonyl (C=O) groups is 3. The number of piperazine rings is 1. The van der Waals surface area contributed by atoms with Gasteiger partial charge in [0.15, 0.2) is 11.5 Å². The highest BCUT2D eigenvalue weighted by Crippen LogP contribution is 2.34. The maximum Gasteiger partial charge on any atom is 0.417 e. The topological polar surface area (TPSA) is 108 Å². The van der Waals surface area contributed by atoms with Crippen LogP contribution in [0.2, 0.25) is 0 Å². The van der Waals surface area contributed by atoms with Crippen molar-refractivity contribution in [3.63, 3.8) is 0 Å². The number of fused-ring (bicyclic) bond motifs is 3. The van der Waals surface area contributed by atoms with Crippen LogP contribution in [0.3, 0.4) is 0 Å². The zero-order chi connectivity index (χ0) is 25.4. The number of hydrogen-bond donors (Lipinski definition) is 2. The molecule has 2 aliphatic rings. The minimum absolute atomic E-state index is 0.00563. The number of para-hydroxylation sites is 1. The molecule has 0 radical (unpaired) electrons. The lowest BCUT2D eigenvalue weighted by Gasteiger charge is -2.44. The number of halogens is 3. The van der Waals surface area contributed by atoms with Crippen molar-refractivity contribution in [3.8, 4) is 0 Å². The van der Waals surface area contributed by atoms with Crippen molar-refractivity contribution in [2.24, 2.45) is 0 Å². The standard InChI is InChI=1S/C24H19F3N6O3/c25-24(26,27)16-9-5-4-8-15(16)23(36)32-10-11-33-19(13-32)22(35)29-17-12-18(30-31-20(17)33)21(34)28-14-6-2-1-3-7-14/h1-9,12,19H,10-11,13H2,(H,28,34)(H,29,35). The van der Waals surface area contributed by atoms with E-state index in [0.717, 1.165) is 12.1 Å². The zero-order valence-corrected chi connectivity index (χ0v) is 18.6. The molecule has 1 aromatic heterocycles. The first kappa shape index (κ1) is 23.3. The van der Waals surface area contributed by atoms with Crippen LogP contribution in [-0.4, -0.2) is 58.5 Å². The van der Waals surface area contributed by atoms with Crippen molar-refractivity contribution in [2.75, 3.05) is 35.2 Å². The Morgan fingerprint density at radius 2 is 1.72 bits per heavy atom. The zero-order valence-electron chi connectivity index (χ0n) is 18.6. The smallest absolute Gasteiger partial charge is 0.338 e. The van der Waals surface area contributed by atoms with Crippen LogP contribution in [0.5, 0.6) is 0 Å². The summed E-state index contributed by atoms with van der Waals surface area (Å²) < 4.78 is 40.2. The monoisotopic (exact) mass is 496 g/mol. The van der Waals surface area contributed by atoms with Crippen LogP contribution >= 0.6 is 0 Å². The quantitative estimate of drug-likeness (QED) is 0.577. The maximum absolute atomic E-state index is 13.4. The third kappa shape index (κ3) is 4.32. The molecule has 2 aliphatic heterocycles. The molecule has 36 heavy (non-hydrogen) atoms. The van der Waals surface area contributed by atoms with Crippen molar-refractivity contribution in [3.05, 3.63) is 77.5 Å². The van der Waals surface area contributed by atoms with Gasteiger partial charge in [0.25, 0.3) is 11.8 Å². The van der Waals surface area contributed by atoms with E-state index in [1.807, 2.05) is 6.07 Å². The first-order valence-electron chi connectivity index (χ1n) is 11.0. The van der Waals surface area contributed by atoms with E-state index in [0.29, 0.717) is 11.5 Å². The molecule has 1 atom stereocenters. The lowest BCUT2D eigenvalue weighted by atomic mass is 10.0. The third-order valence-electron chi connectivity index (χ3n) is 6.00. The highest BCUT2D eigenvalue weighted by molar-refractivity contribution is 6.07. The van der Waals surface area contributed by atoms with Gasteiger partial charge < -0.3 is 20.4 Å². The van der Waals surface area contributed by atoms with E-state index in [9.17, 15) is 27.6 Å². The van der Waals surface area contributed by atoms with Gasteiger partial charge in [0.05, 0.1) is 23.4 Å². The Balaban J connectivity index is 1.35. The van der Waals surface area contributed by atoms with Gasteiger partial charge in [0, 0.05) is 18.8 Å². The molecule has 2 aromatic carbocycles. The molecular formula is C24H19F3N6O3. The molecule has 1 saturated heterocycles. The summed E-state index contributed by atoms with van der Waals surface area (Å²) >= 11 is 0. The van der Waals surface area contributed by atoms with E-state index in [4.69, 9.17) is 0 Å². The van der Waals surface area contributed by atoms with E-state index >= 15 is 0 Å². The second kappa shape index (κ2) is 8.95. The summed E-state index contributed by atoms with van der Waals surface area (Å²) in [5, 5.41) is 13.5. The number of rotatable bonds is 3. The molecule has 0 aliphatic carbocycles. The van der Waals surface area contributed by atoms with Gasteiger partial charge in [0.1, 0.15) is 6.04 Å².